The van der Waals surface area contributed by atoms with Crippen LogP contribution in [0.3, 0.4) is 0 Å². The van der Waals surface area contributed by atoms with E-state index in [2.05, 4.69) is 0 Å². The molecule has 2 aromatic carbocycles. The largest absolute Gasteiger partial charge is 0.337 e. The van der Waals surface area contributed by atoms with Crippen molar-refractivity contribution in [3.63, 3.8) is 0 Å². The number of carbonyl (C=O) groups excluding carboxylic acids is 3. The highest BCUT2D eigenvalue weighted by molar-refractivity contribution is 6.43. The van der Waals surface area contributed by atoms with Crippen LogP contribution < -0.4 is 0 Å². The summed E-state index contributed by atoms with van der Waals surface area (Å²) in [7, 11) is 0. The van der Waals surface area contributed by atoms with Crippen molar-refractivity contribution < 1.29 is 14.4 Å². The van der Waals surface area contributed by atoms with Gasteiger partial charge < -0.3 is 4.90 Å². The van der Waals surface area contributed by atoms with Gasteiger partial charge in [0.05, 0.1) is 21.2 Å². The lowest BCUT2D eigenvalue weighted by Gasteiger charge is -2.23. The van der Waals surface area contributed by atoms with E-state index in [1.807, 2.05) is 37.3 Å². The van der Waals surface area contributed by atoms with Crippen LogP contribution in [0, 0.1) is 0 Å². The van der Waals surface area contributed by atoms with Gasteiger partial charge in [-0.05, 0) is 24.6 Å². The summed E-state index contributed by atoms with van der Waals surface area (Å²) in [5, 5.41) is 0.387. The van der Waals surface area contributed by atoms with E-state index in [1.54, 1.807) is 4.90 Å². The molecular weight excluding hydrogens is 375 g/mol. The number of fused-ring (bicyclic) bond motifs is 1. The molecule has 0 spiro atoms. The number of rotatable bonds is 5. The second-order valence-corrected chi connectivity index (χ2v) is 6.72. The molecule has 1 aliphatic heterocycles. The number of benzene rings is 2. The summed E-state index contributed by atoms with van der Waals surface area (Å²) in [5.41, 5.74) is 1.32. The van der Waals surface area contributed by atoms with Crippen LogP contribution in [0.25, 0.3) is 0 Å². The van der Waals surface area contributed by atoms with Gasteiger partial charge in [0.2, 0.25) is 5.91 Å². The second-order valence-electron chi connectivity index (χ2n) is 5.90. The van der Waals surface area contributed by atoms with Crippen LogP contribution in [0.5, 0.6) is 0 Å². The summed E-state index contributed by atoms with van der Waals surface area (Å²) < 4.78 is 0. The molecule has 2 aromatic rings. The summed E-state index contributed by atoms with van der Waals surface area (Å²) in [6, 6.07) is 12.3. The van der Waals surface area contributed by atoms with Gasteiger partial charge in [-0.25, -0.2) is 0 Å². The average Bonchev–Trinajstić information content (AvgIpc) is 2.85. The van der Waals surface area contributed by atoms with Crippen LogP contribution in [0.2, 0.25) is 10.0 Å². The lowest BCUT2D eigenvalue weighted by molar-refractivity contribution is -0.131. The van der Waals surface area contributed by atoms with Gasteiger partial charge in [-0.3, -0.25) is 19.3 Å². The summed E-state index contributed by atoms with van der Waals surface area (Å²) >= 11 is 11.9. The van der Waals surface area contributed by atoms with Gasteiger partial charge >= 0.3 is 0 Å². The Morgan fingerprint density at radius 1 is 1.00 bits per heavy atom. The van der Waals surface area contributed by atoms with Crippen LogP contribution in [0.4, 0.5) is 0 Å². The number of carbonyl (C=O) groups is 3. The minimum atomic E-state index is -0.535. The molecule has 3 rings (SSSR count). The zero-order chi connectivity index (χ0) is 18.8. The van der Waals surface area contributed by atoms with Crippen molar-refractivity contribution in [1.29, 1.82) is 0 Å². The summed E-state index contributed by atoms with van der Waals surface area (Å²) in [6.07, 6.45) is 0. The first-order valence-corrected chi connectivity index (χ1v) is 8.85. The molecule has 1 heterocycles. The van der Waals surface area contributed by atoms with Gasteiger partial charge in [0, 0.05) is 13.1 Å². The second kappa shape index (κ2) is 7.48. The van der Waals surface area contributed by atoms with Crippen molar-refractivity contribution >= 4 is 40.9 Å². The minimum absolute atomic E-state index is 0.170. The maximum Gasteiger partial charge on any atom is 0.262 e. The Kier molecular flexibility index (Phi) is 5.30. The molecule has 134 valence electrons. The predicted octanol–water partition coefficient (Wildman–Crippen LogP) is 3.64. The molecule has 7 heteroatoms. The van der Waals surface area contributed by atoms with E-state index in [4.69, 9.17) is 23.2 Å². The van der Waals surface area contributed by atoms with Gasteiger partial charge in [-0.15, -0.1) is 0 Å². The standard InChI is InChI=1S/C19H16Cl2N2O3/c1-2-22(10-12-6-4-3-5-7-12)17(24)11-23-18(25)13-8-15(20)16(21)9-14(13)19(23)26/h3-9H,2,10-11H2,1H3. The summed E-state index contributed by atoms with van der Waals surface area (Å²) in [5.74, 6) is -1.37. The lowest BCUT2D eigenvalue weighted by atomic mass is 10.1. The fourth-order valence-electron chi connectivity index (χ4n) is 2.84. The molecule has 0 fully saturated rings. The number of hydrogen-bond acceptors (Lipinski definition) is 3. The van der Waals surface area contributed by atoms with Crippen molar-refractivity contribution in [3.05, 3.63) is 69.2 Å². The third-order valence-electron chi connectivity index (χ3n) is 4.26. The molecule has 0 radical (unpaired) electrons. The molecule has 26 heavy (non-hydrogen) atoms. The van der Waals surface area contributed by atoms with E-state index in [0.717, 1.165) is 10.5 Å². The predicted molar refractivity (Wildman–Crippen MR) is 99.4 cm³/mol. The van der Waals surface area contributed by atoms with Crippen molar-refractivity contribution in [3.8, 4) is 0 Å². The van der Waals surface area contributed by atoms with E-state index < -0.39 is 11.8 Å². The minimum Gasteiger partial charge on any atom is -0.337 e. The van der Waals surface area contributed by atoms with Crippen LogP contribution in [0.15, 0.2) is 42.5 Å². The molecule has 0 aliphatic carbocycles. The van der Waals surface area contributed by atoms with Crippen LogP contribution in [-0.4, -0.2) is 40.6 Å². The Labute approximate surface area is 161 Å². The number of halogens is 2. The molecule has 0 unspecified atom stereocenters. The normalized spacial score (nSPS) is 13.1. The van der Waals surface area contributed by atoms with Crippen molar-refractivity contribution in [1.82, 2.24) is 9.80 Å². The molecule has 0 saturated carbocycles. The highest BCUT2D eigenvalue weighted by Crippen LogP contribution is 2.31. The quantitative estimate of drug-likeness (QED) is 0.732. The molecule has 0 aromatic heterocycles. The Balaban J connectivity index is 1.77. The number of nitrogens with zero attached hydrogens (tertiary/aromatic N) is 2. The van der Waals surface area contributed by atoms with Gasteiger partial charge in [-0.2, -0.15) is 0 Å². The molecule has 5 nitrogen and oxygen atoms in total. The Morgan fingerprint density at radius 2 is 1.54 bits per heavy atom. The Hall–Kier alpha value is -2.37. The summed E-state index contributed by atoms with van der Waals surface area (Å²) in [6.45, 7) is 2.41. The topological polar surface area (TPSA) is 57.7 Å². The highest BCUT2D eigenvalue weighted by Gasteiger charge is 2.38. The lowest BCUT2D eigenvalue weighted by Crippen LogP contribution is -2.42. The van der Waals surface area contributed by atoms with E-state index >= 15 is 0 Å². The molecule has 0 saturated heterocycles. The van der Waals surface area contributed by atoms with E-state index in [9.17, 15) is 14.4 Å². The van der Waals surface area contributed by atoms with Crippen LogP contribution in [-0.2, 0) is 11.3 Å². The zero-order valence-corrected chi connectivity index (χ0v) is 15.5. The smallest absolute Gasteiger partial charge is 0.262 e. The third kappa shape index (κ3) is 3.45. The highest BCUT2D eigenvalue weighted by atomic mass is 35.5. The Bertz CT molecular complexity index is 843. The molecule has 0 atom stereocenters. The molecule has 1 aliphatic rings. The van der Waals surface area contributed by atoms with E-state index in [0.29, 0.717) is 13.1 Å². The van der Waals surface area contributed by atoms with Gasteiger partial charge in [0.25, 0.3) is 11.8 Å². The van der Waals surface area contributed by atoms with Crippen LogP contribution >= 0.6 is 23.2 Å². The van der Waals surface area contributed by atoms with Gasteiger partial charge in [0.1, 0.15) is 6.54 Å². The van der Waals surface area contributed by atoms with Gasteiger partial charge in [-0.1, -0.05) is 53.5 Å². The maximum atomic E-state index is 12.6. The number of hydrogen-bond donors (Lipinski definition) is 0. The molecule has 0 N–H and O–H groups in total. The first-order valence-electron chi connectivity index (χ1n) is 8.09. The first-order chi connectivity index (χ1) is 12.4. The van der Waals surface area contributed by atoms with Crippen LogP contribution in [0.1, 0.15) is 33.2 Å². The fourth-order valence-corrected chi connectivity index (χ4v) is 3.17. The molecule has 0 bridgehead atoms. The number of amides is 3. The van der Waals surface area contributed by atoms with Crippen molar-refractivity contribution in [2.75, 3.05) is 13.1 Å². The third-order valence-corrected chi connectivity index (χ3v) is 4.98. The SMILES string of the molecule is CCN(Cc1ccccc1)C(=O)CN1C(=O)c2cc(Cl)c(Cl)cc2C1=O. The van der Waals surface area contributed by atoms with Crippen molar-refractivity contribution in [2.24, 2.45) is 0 Å². The van der Waals surface area contributed by atoms with Gasteiger partial charge in [0.15, 0.2) is 0 Å². The zero-order valence-electron chi connectivity index (χ0n) is 14.0. The van der Waals surface area contributed by atoms with E-state index in [-0.39, 0.29) is 33.6 Å². The molecule has 3 amide bonds. The monoisotopic (exact) mass is 390 g/mol. The average molecular weight is 391 g/mol. The first kappa shape index (κ1) is 18.4. The maximum absolute atomic E-state index is 12.6. The van der Waals surface area contributed by atoms with E-state index in [1.165, 1.54) is 12.1 Å². The number of likely N-dealkylation sites (N-methyl/N-ethyl adjacent to an activating group) is 1. The Morgan fingerprint density at radius 3 is 2.04 bits per heavy atom. The fraction of sp³-hybridized carbons (Fsp3) is 0.211. The van der Waals surface area contributed by atoms with Crippen molar-refractivity contribution in [2.45, 2.75) is 13.5 Å². The molecular formula is C19H16Cl2N2O3. The summed E-state index contributed by atoms with van der Waals surface area (Å²) in [4.78, 5) is 40.2. The number of imide groups is 1.